The van der Waals surface area contributed by atoms with Crippen molar-refractivity contribution in [1.82, 2.24) is 4.90 Å². The van der Waals surface area contributed by atoms with Crippen molar-refractivity contribution in [2.75, 3.05) is 6.54 Å². The normalized spacial score (nSPS) is 12.2. The van der Waals surface area contributed by atoms with E-state index in [1.807, 2.05) is 0 Å². The van der Waals surface area contributed by atoms with Crippen LogP contribution >= 0.6 is 0 Å². The quantitative estimate of drug-likeness (QED) is 0.804. The minimum Gasteiger partial charge on any atom is -0.351 e. The molecule has 0 bridgehead atoms. The fourth-order valence-corrected chi connectivity index (χ4v) is 1.44. The molecule has 0 fully saturated rings. The van der Waals surface area contributed by atoms with Crippen LogP contribution in [-0.4, -0.2) is 23.5 Å². The van der Waals surface area contributed by atoms with Gasteiger partial charge in [-0.3, -0.25) is 0 Å². The number of nitrogens with zero attached hydrogens (tertiary/aromatic N) is 1. The van der Waals surface area contributed by atoms with Gasteiger partial charge in [0, 0.05) is 19.1 Å². The summed E-state index contributed by atoms with van der Waals surface area (Å²) in [4.78, 5) is 12.5. The number of hydrogen-bond donors (Lipinski definition) is 2. The van der Waals surface area contributed by atoms with Crippen LogP contribution in [0.5, 0.6) is 0 Å². The second-order valence-electron chi connectivity index (χ2n) is 3.83. The molecule has 0 saturated carbocycles. The van der Waals surface area contributed by atoms with Crippen LogP contribution in [0.25, 0.3) is 0 Å². The molecule has 1 aromatic rings. The van der Waals surface area contributed by atoms with Gasteiger partial charge in [-0.05, 0) is 24.6 Å². The summed E-state index contributed by atoms with van der Waals surface area (Å²) < 4.78 is 12.9. The van der Waals surface area contributed by atoms with Crippen molar-refractivity contribution in [2.24, 2.45) is 11.5 Å². The number of amides is 2. The number of carbonyl (C=O) groups excluding carboxylic acids is 1. The van der Waals surface area contributed by atoms with Crippen LogP contribution in [0, 0.1) is 5.82 Å². The van der Waals surface area contributed by atoms with Gasteiger partial charge >= 0.3 is 6.03 Å². The summed E-state index contributed by atoms with van der Waals surface area (Å²) in [5.74, 6) is -0.331. The molecule has 0 aliphatic carbocycles. The highest BCUT2D eigenvalue weighted by Crippen LogP contribution is 2.07. The zero-order valence-electron chi connectivity index (χ0n) is 9.19. The molecule has 1 aromatic carbocycles. The highest BCUT2D eigenvalue weighted by molar-refractivity contribution is 5.72. The Balaban J connectivity index is 2.71. The summed E-state index contributed by atoms with van der Waals surface area (Å²) in [6, 6.07) is 5.33. The van der Waals surface area contributed by atoms with E-state index in [0.29, 0.717) is 12.1 Å². The van der Waals surface area contributed by atoms with Gasteiger partial charge in [0.25, 0.3) is 0 Å². The molecule has 88 valence electrons. The first-order chi connectivity index (χ1) is 7.49. The average molecular weight is 225 g/mol. The monoisotopic (exact) mass is 225 g/mol. The van der Waals surface area contributed by atoms with Gasteiger partial charge in [0.05, 0.1) is 0 Å². The molecule has 4 N–H and O–H groups in total. The molecule has 0 radical (unpaired) electrons. The van der Waals surface area contributed by atoms with Crippen molar-refractivity contribution in [1.29, 1.82) is 0 Å². The van der Waals surface area contributed by atoms with E-state index in [9.17, 15) is 9.18 Å². The van der Waals surface area contributed by atoms with Crippen LogP contribution in [0.2, 0.25) is 0 Å². The fourth-order valence-electron chi connectivity index (χ4n) is 1.44. The predicted octanol–water partition coefficient (Wildman–Crippen LogP) is 1.05. The van der Waals surface area contributed by atoms with Gasteiger partial charge in [-0.2, -0.15) is 0 Å². The van der Waals surface area contributed by atoms with E-state index in [2.05, 4.69) is 0 Å². The van der Waals surface area contributed by atoms with Gasteiger partial charge < -0.3 is 16.4 Å². The first kappa shape index (κ1) is 12.4. The van der Waals surface area contributed by atoms with E-state index in [1.54, 1.807) is 19.1 Å². The van der Waals surface area contributed by atoms with E-state index in [4.69, 9.17) is 11.5 Å². The van der Waals surface area contributed by atoms with Crippen LogP contribution in [-0.2, 0) is 6.54 Å². The summed E-state index contributed by atoms with van der Waals surface area (Å²) in [6.07, 6.45) is 0. The Morgan fingerprint density at radius 3 is 2.75 bits per heavy atom. The molecule has 0 heterocycles. The number of urea groups is 1. The van der Waals surface area contributed by atoms with Gasteiger partial charge in [0.1, 0.15) is 5.82 Å². The topological polar surface area (TPSA) is 72.3 Å². The number of nitrogens with two attached hydrogens (primary N) is 2. The van der Waals surface area contributed by atoms with E-state index < -0.39 is 6.03 Å². The molecule has 5 heteroatoms. The highest BCUT2D eigenvalue weighted by Gasteiger charge is 2.12. The minimum atomic E-state index is -0.554. The third kappa shape index (κ3) is 3.86. The summed E-state index contributed by atoms with van der Waals surface area (Å²) in [5, 5.41) is 0. The molecule has 0 aromatic heterocycles. The third-order valence-electron chi connectivity index (χ3n) is 2.08. The van der Waals surface area contributed by atoms with Crippen LogP contribution < -0.4 is 11.5 Å². The van der Waals surface area contributed by atoms with Crippen LogP contribution in [0.3, 0.4) is 0 Å². The summed E-state index contributed by atoms with van der Waals surface area (Å²) in [6.45, 7) is 2.40. The molecule has 0 saturated heterocycles. The van der Waals surface area contributed by atoms with Crippen molar-refractivity contribution < 1.29 is 9.18 Å². The molecule has 0 aliphatic rings. The second kappa shape index (κ2) is 5.46. The zero-order chi connectivity index (χ0) is 12.1. The lowest BCUT2D eigenvalue weighted by molar-refractivity contribution is 0.202. The molecule has 2 amide bonds. The maximum atomic E-state index is 12.9. The summed E-state index contributed by atoms with van der Waals surface area (Å²) in [7, 11) is 0. The fraction of sp³-hybridized carbons (Fsp3) is 0.364. The maximum absolute atomic E-state index is 12.9. The number of halogens is 1. The van der Waals surface area contributed by atoms with Gasteiger partial charge in [0.2, 0.25) is 0 Å². The molecular weight excluding hydrogens is 209 g/mol. The molecule has 16 heavy (non-hydrogen) atoms. The predicted molar refractivity (Wildman–Crippen MR) is 60.0 cm³/mol. The second-order valence-corrected chi connectivity index (χ2v) is 3.83. The van der Waals surface area contributed by atoms with Gasteiger partial charge in [-0.1, -0.05) is 12.1 Å². The van der Waals surface area contributed by atoms with E-state index in [0.717, 1.165) is 0 Å². The number of benzene rings is 1. The third-order valence-corrected chi connectivity index (χ3v) is 2.08. The Labute approximate surface area is 94.0 Å². The van der Waals surface area contributed by atoms with Crippen molar-refractivity contribution >= 4 is 6.03 Å². The average Bonchev–Trinajstić information content (AvgIpc) is 2.15. The zero-order valence-corrected chi connectivity index (χ0v) is 9.19. The standard InChI is InChI=1S/C11H16FN3O/c1-8(13)6-15(11(14)16)7-9-3-2-4-10(12)5-9/h2-5,8H,6-7,13H2,1H3,(H2,14,16). The Morgan fingerprint density at radius 2 is 2.25 bits per heavy atom. The Kier molecular flexibility index (Phi) is 4.25. The molecule has 1 atom stereocenters. The van der Waals surface area contributed by atoms with Crippen LogP contribution in [0.4, 0.5) is 9.18 Å². The Bertz CT molecular complexity index is 368. The molecule has 1 rings (SSSR count). The van der Waals surface area contributed by atoms with E-state index >= 15 is 0 Å². The number of carbonyl (C=O) groups is 1. The molecule has 4 nitrogen and oxygen atoms in total. The van der Waals surface area contributed by atoms with Crippen molar-refractivity contribution in [3.05, 3.63) is 35.6 Å². The lowest BCUT2D eigenvalue weighted by atomic mass is 10.2. The summed E-state index contributed by atoms with van der Waals surface area (Å²) >= 11 is 0. The largest absolute Gasteiger partial charge is 0.351 e. The van der Waals surface area contributed by atoms with Gasteiger partial charge in [0.15, 0.2) is 0 Å². The molecular formula is C11H16FN3O. The lowest BCUT2D eigenvalue weighted by Gasteiger charge is -2.22. The highest BCUT2D eigenvalue weighted by atomic mass is 19.1. The first-order valence-electron chi connectivity index (χ1n) is 5.03. The van der Waals surface area contributed by atoms with Gasteiger partial charge in [-0.15, -0.1) is 0 Å². The minimum absolute atomic E-state index is 0.166. The first-order valence-corrected chi connectivity index (χ1v) is 5.03. The van der Waals surface area contributed by atoms with Crippen molar-refractivity contribution in [2.45, 2.75) is 19.5 Å². The lowest BCUT2D eigenvalue weighted by Crippen LogP contribution is -2.42. The van der Waals surface area contributed by atoms with Crippen LogP contribution in [0.1, 0.15) is 12.5 Å². The smallest absolute Gasteiger partial charge is 0.315 e. The summed E-state index contributed by atoms with van der Waals surface area (Å²) in [5.41, 5.74) is 11.5. The Hall–Kier alpha value is -1.62. The SMILES string of the molecule is CC(N)CN(Cc1cccc(F)c1)C(N)=O. The van der Waals surface area contributed by atoms with Gasteiger partial charge in [-0.25, -0.2) is 9.18 Å². The number of hydrogen-bond acceptors (Lipinski definition) is 2. The van der Waals surface area contributed by atoms with E-state index in [1.165, 1.54) is 17.0 Å². The number of primary amides is 1. The van der Waals surface area contributed by atoms with E-state index in [-0.39, 0.29) is 18.4 Å². The molecule has 0 aliphatic heterocycles. The van der Waals surface area contributed by atoms with Crippen molar-refractivity contribution in [3.63, 3.8) is 0 Å². The molecule has 1 unspecified atom stereocenters. The number of rotatable bonds is 4. The maximum Gasteiger partial charge on any atom is 0.315 e. The van der Waals surface area contributed by atoms with Crippen LogP contribution in [0.15, 0.2) is 24.3 Å². The molecule has 0 spiro atoms. The Morgan fingerprint density at radius 1 is 1.56 bits per heavy atom. The van der Waals surface area contributed by atoms with Crippen molar-refractivity contribution in [3.8, 4) is 0 Å².